The molecule has 7 nitrogen and oxygen atoms in total. The van der Waals surface area contributed by atoms with Gasteiger partial charge in [0.15, 0.2) is 11.7 Å². The molecule has 4 aliphatic rings. The van der Waals surface area contributed by atoms with E-state index in [0.717, 1.165) is 50.0 Å². The minimum Gasteiger partial charge on any atom is -0.355 e. The van der Waals surface area contributed by atoms with E-state index in [-0.39, 0.29) is 17.2 Å². The third-order valence-corrected chi connectivity index (χ3v) is 8.63. The Labute approximate surface area is 214 Å². The molecule has 1 spiro atoms. The van der Waals surface area contributed by atoms with E-state index in [1.165, 1.54) is 11.1 Å². The lowest BCUT2D eigenvalue weighted by Gasteiger charge is -2.43. The Bertz CT molecular complexity index is 1400. The molecular weight excluding hydrogens is 472 g/mol. The van der Waals surface area contributed by atoms with Crippen molar-refractivity contribution < 1.29 is 8.78 Å². The molecule has 0 bridgehead atoms. The van der Waals surface area contributed by atoms with E-state index in [1.54, 1.807) is 6.20 Å². The maximum atomic E-state index is 14.4. The summed E-state index contributed by atoms with van der Waals surface area (Å²) in [5, 5.41) is 0. The third-order valence-electron chi connectivity index (χ3n) is 8.63. The largest absolute Gasteiger partial charge is 0.355 e. The van der Waals surface area contributed by atoms with Crippen molar-refractivity contribution in [2.45, 2.75) is 51.1 Å². The highest BCUT2D eigenvalue weighted by molar-refractivity contribution is 6.11. The van der Waals surface area contributed by atoms with Crippen LogP contribution in [0.2, 0.25) is 0 Å². The van der Waals surface area contributed by atoms with Crippen molar-refractivity contribution in [3.05, 3.63) is 76.5 Å². The van der Waals surface area contributed by atoms with Gasteiger partial charge in [0.1, 0.15) is 11.4 Å². The fourth-order valence-electron chi connectivity index (χ4n) is 6.66. The number of piperidine rings is 1. The number of hydrogen-bond acceptors (Lipinski definition) is 7. The molecule has 2 aromatic heterocycles. The Morgan fingerprint density at radius 3 is 2.65 bits per heavy atom. The number of alkyl halides is 2. The molecule has 0 saturated carbocycles. The lowest BCUT2D eigenvalue weighted by Crippen LogP contribution is -2.45. The first kappa shape index (κ1) is 22.7. The molecule has 3 aromatic rings. The van der Waals surface area contributed by atoms with Crippen LogP contribution >= 0.6 is 0 Å². The average Bonchev–Trinajstić information content (AvgIpc) is 3.46. The minimum absolute atomic E-state index is 0.0237. The second kappa shape index (κ2) is 8.55. The van der Waals surface area contributed by atoms with Crippen molar-refractivity contribution in [1.29, 1.82) is 0 Å². The summed E-state index contributed by atoms with van der Waals surface area (Å²) in [7, 11) is 0. The molecule has 37 heavy (non-hydrogen) atoms. The van der Waals surface area contributed by atoms with Crippen molar-refractivity contribution in [2.75, 3.05) is 29.4 Å². The number of pyridine rings is 1. The van der Waals surface area contributed by atoms with Gasteiger partial charge in [0, 0.05) is 31.9 Å². The van der Waals surface area contributed by atoms with Crippen molar-refractivity contribution in [2.24, 2.45) is 16.1 Å². The van der Waals surface area contributed by atoms with E-state index in [2.05, 4.69) is 33.1 Å². The number of halogens is 2. The summed E-state index contributed by atoms with van der Waals surface area (Å²) in [5.41, 5.74) is 12.1. The first-order valence-electron chi connectivity index (χ1n) is 13.1. The van der Waals surface area contributed by atoms with Crippen LogP contribution in [-0.2, 0) is 19.4 Å². The quantitative estimate of drug-likeness (QED) is 0.562. The van der Waals surface area contributed by atoms with E-state index in [4.69, 9.17) is 15.7 Å². The van der Waals surface area contributed by atoms with Crippen molar-refractivity contribution in [3.8, 4) is 0 Å². The van der Waals surface area contributed by atoms with E-state index in [0.29, 0.717) is 42.7 Å². The molecule has 1 atom stereocenters. The van der Waals surface area contributed by atoms with Crippen LogP contribution in [0.15, 0.2) is 47.6 Å². The molecule has 2 N–H and O–H groups in total. The number of nitrogens with two attached hydrogens (primary N) is 1. The molecule has 7 rings (SSSR count). The highest BCUT2D eigenvalue weighted by Crippen LogP contribution is 2.51. The van der Waals surface area contributed by atoms with Crippen molar-refractivity contribution >= 4 is 17.3 Å². The summed E-state index contributed by atoms with van der Waals surface area (Å²) in [5.74, 6) is 0.919. The Hall–Kier alpha value is -3.46. The van der Waals surface area contributed by atoms with E-state index in [1.807, 2.05) is 23.1 Å². The Morgan fingerprint density at radius 2 is 1.84 bits per heavy atom. The summed E-state index contributed by atoms with van der Waals surface area (Å²) in [6, 6.07) is 12.3. The molecule has 0 amide bonds. The van der Waals surface area contributed by atoms with Gasteiger partial charge in [0.2, 0.25) is 0 Å². The summed E-state index contributed by atoms with van der Waals surface area (Å²) < 4.78 is 28.8. The first-order chi connectivity index (χ1) is 18.0. The zero-order valence-electron chi connectivity index (χ0n) is 20.6. The molecular formula is C28H29F2N7. The predicted molar refractivity (Wildman–Crippen MR) is 138 cm³/mol. The molecule has 1 saturated heterocycles. The Kier molecular flexibility index (Phi) is 5.25. The molecule has 1 fully saturated rings. The second-order valence-corrected chi connectivity index (χ2v) is 10.6. The zero-order valence-corrected chi connectivity index (χ0v) is 20.6. The molecule has 5 heterocycles. The first-order valence-corrected chi connectivity index (χ1v) is 13.1. The molecule has 1 aliphatic carbocycles. The summed E-state index contributed by atoms with van der Waals surface area (Å²) in [4.78, 5) is 22.5. The number of rotatable bonds is 2. The number of hydrogen-bond donors (Lipinski definition) is 1. The maximum absolute atomic E-state index is 14.4. The third kappa shape index (κ3) is 3.54. The minimum atomic E-state index is -2.72. The fraction of sp³-hybridized carbons (Fsp3) is 0.429. The normalized spacial score (nSPS) is 21.7. The van der Waals surface area contributed by atoms with Gasteiger partial charge in [-0.1, -0.05) is 24.3 Å². The molecule has 0 radical (unpaired) electrons. The smallest absolute Gasteiger partial charge is 0.284 e. The number of aromatic nitrogens is 3. The van der Waals surface area contributed by atoms with Crippen LogP contribution in [0.1, 0.15) is 65.6 Å². The molecule has 0 unspecified atom stereocenters. The van der Waals surface area contributed by atoms with Crippen LogP contribution in [0.5, 0.6) is 0 Å². The topological polar surface area (TPSA) is 83.5 Å². The van der Waals surface area contributed by atoms with Crippen LogP contribution in [0.3, 0.4) is 0 Å². The predicted octanol–water partition coefficient (Wildman–Crippen LogP) is 4.36. The van der Waals surface area contributed by atoms with Crippen LogP contribution in [0, 0.1) is 5.41 Å². The van der Waals surface area contributed by atoms with E-state index in [9.17, 15) is 8.78 Å². The zero-order chi connectivity index (χ0) is 25.1. The number of fused-ring (bicyclic) bond motifs is 3. The Morgan fingerprint density at radius 1 is 1.00 bits per heavy atom. The standard InChI is InChI=1S/C28H29F2N7/c29-25(30)23-27(36-13-9-28(10-14-36)15-17-5-1-2-6-18(17)24(28)31)34-20-16-33-26(22(20)35-23)37-12-4-7-19-21(37)8-3-11-32-19/h1-3,5-6,8,11,24-25H,4,7,9-10,12-16,31H2/t24-/m1/s1. The molecule has 1 aromatic carbocycles. The van der Waals surface area contributed by atoms with E-state index >= 15 is 0 Å². The van der Waals surface area contributed by atoms with Gasteiger partial charge < -0.3 is 15.5 Å². The number of benzene rings is 1. The summed E-state index contributed by atoms with van der Waals surface area (Å²) in [6.07, 6.45) is 3.50. The monoisotopic (exact) mass is 501 g/mol. The van der Waals surface area contributed by atoms with Gasteiger partial charge in [0.05, 0.1) is 23.6 Å². The lowest BCUT2D eigenvalue weighted by atomic mass is 9.73. The number of nitrogens with zero attached hydrogens (tertiary/aromatic N) is 6. The van der Waals surface area contributed by atoms with Gasteiger partial charge in [-0.15, -0.1) is 0 Å². The van der Waals surface area contributed by atoms with Gasteiger partial charge in [-0.05, 0) is 60.8 Å². The number of aliphatic imine (C=N–C) groups is 1. The molecule has 3 aliphatic heterocycles. The van der Waals surface area contributed by atoms with Crippen LogP contribution < -0.4 is 15.5 Å². The van der Waals surface area contributed by atoms with Crippen molar-refractivity contribution in [1.82, 2.24) is 15.0 Å². The SMILES string of the molecule is N[C@@H]1c2ccccc2CC12CCN(c1nc3c(nc1C(F)F)C(N1CCCc4ncccc41)=NC3)CC2. The van der Waals surface area contributed by atoms with Gasteiger partial charge in [-0.2, -0.15) is 0 Å². The average molecular weight is 502 g/mol. The van der Waals surface area contributed by atoms with E-state index < -0.39 is 6.43 Å². The fourth-order valence-corrected chi connectivity index (χ4v) is 6.66. The number of amidine groups is 1. The van der Waals surface area contributed by atoms with Gasteiger partial charge >= 0.3 is 0 Å². The van der Waals surface area contributed by atoms with Crippen LogP contribution in [0.4, 0.5) is 20.3 Å². The summed E-state index contributed by atoms with van der Waals surface area (Å²) in [6.45, 7) is 2.36. The highest BCUT2D eigenvalue weighted by atomic mass is 19.3. The van der Waals surface area contributed by atoms with Gasteiger partial charge in [-0.3, -0.25) is 9.98 Å². The second-order valence-electron chi connectivity index (χ2n) is 10.6. The van der Waals surface area contributed by atoms with Gasteiger partial charge in [0.25, 0.3) is 6.43 Å². The summed E-state index contributed by atoms with van der Waals surface area (Å²) >= 11 is 0. The lowest BCUT2D eigenvalue weighted by molar-refractivity contribution is 0.144. The molecule has 190 valence electrons. The van der Waals surface area contributed by atoms with Crippen LogP contribution in [-0.4, -0.2) is 40.4 Å². The number of aryl methyl sites for hydroxylation is 1. The van der Waals surface area contributed by atoms with Gasteiger partial charge in [-0.25, -0.2) is 18.7 Å². The highest BCUT2D eigenvalue weighted by Gasteiger charge is 2.46. The van der Waals surface area contributed by atoms with Crippen LogP contribution in [0.25, 0.3) is 0 Å². The Balaban J connectivity index is 1.17. The molecule has 9 heteroatoms. The van der Waals surface area contributed by atoms with Crippen molar-refractivity contribution in [3.63, 3.8) is 0 Å². The maximum Gasteiger partial charge on any atom is 0.284 e. The number of anilines is 2.